The number of rotatable bonds is 9. The molecule has 0 fully saturated rings. The summed E-state index contributed by atoms with van der Waals surface area (Å²) >= 11 is 0. The van der Waals surface area contributed by atoms with Crippen molar-refractivity contribution in [1.29, 1.82) is 0 Å². The molecule has 0 aliphatic rings. The van der Waals surface area contributed by atoms with Gasteiger partial charge in [0.15, 0.2) is 0 Å². The molecule has 37 heavy (non-hydrogen) atoms. The average molecular weight is 514 g/mol. The van der Waals surface area contributed by atoms with Crippen LogP contribution in [0.2, 0.25) is 0 Å². The highest BCUT2D eigenvalue weighted by Gasteiger charge is 2.17. The van der Waals surface area contributed by atoms with Crippen LogP contribution in [0.5, 0.6) is 0 Å². The van der Waals surface area contributed by atoms with Gasteiger partial charge in [-0.15, -0.1) is 0 Å². The normalized spacial score (nSPS) is 10.9. The number of carbonyl (C=O) groups excluding carboxylic acids is 2. The Morgan fingerprint density at radius 3 is 2.08 bits per heavy atom. The lowest BCUT2D eigenvalue weighted by atomic mass is 10.1. The summed E-state index contributed by atoms with van der Waals surface area (Å²) in [4.78, 5) is 25.9. The molecule has 0 saturated heterocycles. The van der Waals surface area contributed by atoms with E-state index in [4.69, 9.17) is 0 Å². The molecule has 0 radical (unpaired) electrons. The number of anilines is 2. The smallest absolute Gasteiger partial charge is 0.261 e. The minimum Gasteiger partial charge on any atom is -0.352 e. The van der Waals surface area contributed by atoms with Gasteiger partial charge in [-0.3, -0.25) is 14.3 Å². The van der Waals surface area contributed by atoms with E-state index in [2.05, 4.69) is 15.4 Å². The van der Waals surface area contributed by atoms with Crippen molar-refractivity contribution in [2.45, 2.75) is 18.2 Å². The van der Waals surface area contributed by atoms with Crippen molar-refractivity contribution in [1.82, 2.24) is 5.32 Å². The summed E-state index contributed by atoms with van der Waals surface area (Å²) < 4.78 is 27.8. The molecule has 0 heterocycles. The molecule has 0 aromatic heterocycles. The molecule has 4 aromatic rings. The topological polar surface area (TPSA) is 104 Å². The van der Waals surface area contributed by atoms with Crippen LogP contribution >= 0.6 is 0 Å². The van der Waals surface area contributed by atoms with E-state index in [0.717, 1.165) is 5.56 Å². The zero-order valence-electron chi connectivity index (χ0n) is 20.3. The lowest BCUT2D eigenvalue weighted by Gasteiger charge is -2.14. The van der Waals surface area contributed by atoms with Crippen LogP contribution in [0.4, 0.5) is 11.4 Å². The highest BCUT2D eigenvalue weighted by atomic mass is 32.2. The SMILES string of the molecule is Cc1cc(C(=O)Nc2ccccc2C(=O)NCCc2ccccc2)ccc1NS(=O)(=O)c1ccccc1. The molecule has 0 bridgehead atoms. The Hall–Kier alpha value is -4.43. The van der Waals surface area contributed by atoms with Gasteiger partial charge in [-0.2, -0.15) is 0 Å². The maximum atomic E-state index is 13.0. The van der Waals surface area contributed by atoms with Crippen LogP contribution in [0.15, 0.2) is 108 Å². The van der Waals surface area contributed by atoms with Crippen molar-refractivity contribution in [2.75, 3.05) is 16.6 Å². The monoisotopic (exact) mass is 513 g/mol. The maximum Gasteiger partial charge on any atom is 0.261 e. The molecule has 0 saturated carbocycles. The Kier molecular flexibility index (Phi) is 8.00. The minimum absolute atomic E-state index is 0.148. The third kappa shape index (κ3) is 6.62. The summed E-state index contributed by atoms with van der Waals surface area (Å²) in [7, 11) is -3.75. The van der Waals surface area contributed by atoms with E-state index in [1.165, 1.54) is 18.2 Å². The Morgan fingerprint density at radius 2 is 1.38 bits per heavy atom. The van der Waals surface area contributed by atoms with Crippen LogP contribution in [0.25, 0.3) is 0 Å². The minimum atomic E-state index is -3.75. The second kappa shape index (κ2) is 11.5. The summed E-state index contributed by atoms with van der Waals surface area (Å²) in [5.41, 5.74) is 3.15. The van der Waals surface area contributed by atoms with Crippen molar-refractivity contribution >= 4 is 33.2 Å². The van der Waals surface area contributed by atoms with Crippen LogP contribution in [-0.4, -0.2) is 26.8 Å². The van der Waals surface area contributed by atoms with Gasteiger partial charge in [-0.05, 0) is 66.9 Å². The molecule has 4 rings (SSSR count). The Balaban J connectivity index is 1.43. The zero-order chi connectivity index (χ0) is 26.3. The summed E-state index contributed by atoms with van der Waals surface area (Å²) in [6.07, 6.45) is 0.695. The number of hydrogen-bond donors (Lipinski definition) is 3. The Bertz CT molecular complexity index is 1500. The first kappa shape index (κ1) is 25.7. The first-order chi connectivity index (χ1) is 17.8. The third-order valence-electron chi connectivity index (χ3n) is 5.75. The molecule has 3 N–H and O–H groups in total. The average Bonchev–Trinajstić information content (AvgIpc) is 2.91. The van der Waals surface area contributed by atoms with Gasteiger partial charge in [-0.25, -0.2) is 8.42 Å². The summed E-state index contributed by atoms with van der Waals surface area (Å²) in [6, 6.07) is 29.4. The zero-order valence-corrected chi connectivity index (χ0v) is 21.1. The first-order valence-corrected chi connectivity index (χ1v) is 13.2. The molecule has 0 aliphatic carbocycles. The number of aryl methyl sites for hydroxylation is 1. The second-order valence-electron chi connectivity index (χ2n) is 8.44. The number of sulfonamides is 1. The van der Waals surface area contributed by atoms with Gasteiger partial charge in [0.05, 0.1) is 21.8 Å². The number of carbonyl (C=O) groups is 2. The first-order valence-electron chi connectivity index (χ1n) is 11.7. The Labute approximate surface area is 216 Å². The van der Waals surface area contributed by atoms with Crippen LogP contribution in [0.1, 0.15) is 31.8 Å². The van der Waals surface area contributed by atoms with Gasteiger partial charge in [0.1, 0.15) is 0 Å². The molecule has 0 atom stereocenters. The van der Waals surface area contributed by atoms with E-state index in [-0.39, 0.29) is 10.8 Å². The van der Waals surface area contributed by atoms with E-state index in [1.54, 1.807) is 61.5 Å². The third-order valence-corrected chi connectivity index (χ3v) is 7.13. The van der Waals surface area contributed by atoms with E-state index in [1.807, 2.05) is 30.3 Å². The standard InChI is InChI=1S/C29H27N3O4S/c1-21-20-23(16-17-26(21)32-37(35,36)24-12-6-3-7-13-24)28(33)31-27-15-9-8-14-25(27)29(34)30-19-18-22-10-4-2-5-11-22/h2-17,20,32H,18-19H2,1H3,(H,30,34)(H,31,33). The van der Waals surface area contributed by atoms with Crippen molar-refractivity contribution in [3.8, 4) is 0 Å². The fourth-order valence-electron chi connectivity index (χ4n) is 3.77. The molecule has 0 spiro atoms. The van der Waals surface area contributed by atoms with Gasteiger partial charge in [0.2, 0.25) is 0 Å². The lowest BCUT2D eigenvalue weighted by molar-refractivity contribution is 0.0955. The number of amides is 2. The highest BCUT2D eigenvalue weighted by molar-refractivity contribution is 7.92. The molecule has 2 amide bonds. The van der Waals surface area contributed by atoms with E-state index >= 15 is 0 Å². The van der Waals surface area contributed by atoms with Gasteiger partial charge in [0.25, 0.3) is 21.8 Å². The molecule has 0 aliphatic heterocycles. The van der Waals surface area contributed by atoms with Crippen molar-refractivity contribution < 1.29 is 18.0 Å². The summed E-state index contributed by atoms with van der Waals surface area (Å²) in [5, 5.41) is 5.70. The number of benzene rings is 4. The van der Waals surface area contributed by atoms with E-state index in [0.29, 0.717) is 41.0 Å². The van der Waals surface area contributed by atoms with Crippen LogP contribution in [0, 0.1) is 6.92 Å². The number of nitrogens with one attached hydrogen (secondary N) is 3. The Morgan fingerprint density at radius 1 is 0.730 bits per heavy atom. The largest absolute Gasteiger partial charge is 0.352 e. The van der Waals surface area contributed by atoms with Gasteiger partial charge in [0, 0.05) is 12.1 Å². The van der Waals surface area contributed by atoms with Crippen molar-refractivity contribution in [3.05, 3.63) is 125 Å². The van der Waals surface area contributed by atoms with Crippen LogP contribution < -0.4 is 15.4 Å². The molecule has 4 aromatic carbocycles. The quantitative estimate of drug-likeness (QED) is 0.292. The molecular weight excluding hydrogens is 486 g/mol. The lowest BCUT2D eigenvalue weighted by Crippen LogP contribution is -2.27. The van der Waals surface area contributed by atoms with Crippen molar-refractivity contribution in [2.24, 2.45) is 0 Å². The fraction of sp³-hybridized carbons (Fsp3) is 0.103. The van der Waals surface area contributed by atoms with E-state index in [9.17, 15) is 18.0 Å². The van der Waals surface area contributed by atoms with E-state index < -0.39 is 15.9 Å². The molecule has 0 unspecified atom stereocenters. The van der Waals surface area contributed by atoms with Crippen LogP contribution in [-0.2, 0) is 16.4 Å². The molecular formula is C29H27N3O4S. The number of para-hydroxylation sites is 1. The number of hydrogen-bond acceptors (Lipinski definition) is 4. The predicted molar refractivity (Wildman–Crippen MR) is 145 cm³/mol. The second-order valence-corrected chi connectivity index (χ2v) is 10.1. The van der Waals surface area contributed by atoms with Gasteiger partial charge < -0.3 is 10.6 Å². The fourth-order valence-corrected chi connectivity index (χ4v) is 4.92. The summed E-state index contributed by atoms with van der Waals surface area (Å²) in [6.45, 7) is 2.18. The van der Waals surface area contributed by atoms with Gasteiger partial charge >= 0.3 is 0 Å². The highest BCUT2D eigenvalue weighted by Crippen LogP contribution is 2.22. The van der Waals surface area contributed by atoms with Gasteiger partial charge in [-0.1, -0.05) is 60.7 Å². The summed E-state index contributed by atoms with van der Waals surface area (Å²) in [5.74, 6) is -0.696. The molecule has 8 heteroatoms. The molecule has 7 nitrogen and oxygen atoms in total. The maximum absolute atomic E-state index is 13.0. The predicted octanol–water partition coefficient (Wildman–Crippen LogP) is 5.02. The van der Waals surface area contributed by atoms with Crippen LogP contribution in [0.3, 0.4) is 0 Å². The molecule has 188 valence electrons. The van der Waals surface area contributed by atoms with Crippen molar-refractivity contribution in [3.63, 3.8) is 0 Å².